The van der Waals surface area contributed by atoms with E-state index in [0.29, 0.717) is 17.8 Å². The highest BCUT2D eigenvalue weighted by Crippen LogP contribution is 2.27. The Labute approximate surface area is 120 Å². The number of rotatable bonds is 5. The van der Waals surface area contributed by atoms with Crippen molar-refractivity contribution in [1.82, 2.24) is 15.3 Å². The molecule has 0 aliphatic rings. The summed E-state index contributed by atoms with van der Waals surface area (Å²) < 4.78 is 40.8. The standard InChI is InChI=1S/C14H14F3N3O/c1-2-19-13(12-9-18-6-7-20-12)10-4-3-5-11(8-10)21-14(15,16)17/h3-9,13,19H,2H2,1H3. The number of hydrogen-bond acceptors (Lipinski definition) is 4. The molecule has 0 amide bonds. The second kappa shape index (κ2) is 6.53. The molecule has 4 nitrogen and oxygen atoms in total. The number of hydrogen-bond donors (Lipinski definition) is 1. The monoisotopic (exact) mass is 297 g/mol. The van der Waals surface area contributed by atoms with Gasteiger partial charge in [-0.15, -0.1) is 13.2 Å². The Morgan fingerprint density at radius 3 is 2.71 bits per heavy atom. The van der Waals surface area contributed by atoms with E-state index in [1.54, 1.807) is 12.3 Å². The van der Waals surface area contributed by atoms with Crippen molar-refractivity contribution in [3.05, 3.63) is 54.1 Å². The molecule has 0 aliphatic heterocycles. The van der Waals surface area contributed by atoms with Crippen molar-refractivity contribution in [2.24, 2.45) is 0 Å². The highest BCUT2D eigenvalue weighted by atomic mass is 19.4. The van der Waals surface area contributed by atoms with Crippen LogP contribution >= 0.6 is 0 Å². The maximum Gasteiger partial charge on any atom is 0.573 e. The molecule has 1 atom stereocenters. The minimum absolute atomic E-state index is 0.258. The van der Waals surface area contributed by atoms with Crippen LogP contribution in [0.4, 0.5) is 13.2 Å². The number of alkyl halides is 3. The molecule has 1 aromatic carbocycles. The molecule has 0 radical (unpaired) electrons. The highest BCUT2D eigenvalue weighted by molar-refractivity contribution is 5.34. The first-order valence-corrected chi connectivity index (χ1v) is 6.34. The van der Waals surface area contributed by atoms with Crippen molar-refractivity contribution in [3.63, 3.8) is 0 Å². The number of aromatic nitrogens is 2. The molecule has 0 aliphatic carbocycles. The molecule has 0 bridgehead atoms. The molecule has 0 fully saturated rings. The van der Waals surface area contributed by atoms with Gasteiger partial charge in [-0.3, -0.25) is 9.97 Å². The van der Waals surface area contributed by atoms with Crippen molar-refractivity contribution in [1.29, 1.82) is 0 Å². The Kier molecular flexibility index (Phi) is 4.74. The fourth-order valence-electron chi connectivity index (χ4n) is 1.95. The van der Waals surface area contributed by atoms with Crippen LogP contribution < -0.4 is 10.1 Å². The van der Waals surface area contributed by atoms with Gasteiger partial charge >= 0.3 is 6.36 Å². The quantitative estimate of drug-likeness (QED) is 0.921. The van der Waals surface area contributed by atoms with Crippen LogP contribution in [0.2, 0.25) is 0 Å². The van der Waals surface area contributed by atoms with E-state index in [1.807, 2.05) is 6.92 Å². The topological polar surface area (TPSA) is 47.0 Å². The van der Waals surface area contributed by atoms with Gasteiger partial charge in [-0.2, -0.15) is 0 Å². The zero-order chi connectivity index (χ0) is 15.3. The highest BCUT2D eigenvalue weighted by Gasteiger charge is 2.31. The third kappa shape index (κ3) is 4.42. The van der Waals surface area contributed by atoms with Gasteiger partial charge in [-0.05, 0) is 24.2 Å². The second-order valence-corrected chi connectivity index (χ2v) is 4.24. The van der Waals surface area contributed by atoms with E-state index in [2.05, 4.69) is 20.0 Å². The van der Waals surface area contributed by atoms with E-state index in [-0.39, 0.29) is 11.8 Å². The molecule has 1 aromatic heterocycles. The molecular weight excluding hydrogens is 283 g/mol. The maximum absolute atomic E-state index is 12.3. The average Bonchev–Trinajstić information content (AvgIpc) is 2.44. The molecule has 21 heavy (non-hydrogen) atoms. The summed E-state index contributed by atoms with van der Waals surface area (Å²) in [5.41, 5.74) is 1.25. The Bertz CT molecular complexity index is 575. The summed E-state index contributed by atoms with van der Waals surface area (Å²) in [6.07, 6.45) is -0.0606. The number of nitrogens with zero attached hydrogens (tertiary/aromatic N) is 2. The van der Waals surface area contributed by atoms with Crippen LogP contribution in [-0.2, 0) is 0 Å². The summed E-state index contributed by atoms with van der Waals surface area (Å²) in [5, 5.41) is 3.17. The molecule has 7 heteroatoms. The summed E-state index contributed by atoms with van der Waals surface area (Å²) >= 11 is 0. The predicted octanol–water partition coefficient (Wildman–Crippen LogP) is 3.07. The molecule has 1 heterocycles. The number of nitrogens with one attached hydrogen (secondary N) is 1. The van der Waals surface area contributed by atoms with Crippen molar-refractivity contribution >= 4 is 0 Å². The first kappa shape index (κ1) is 15.2. The van der Waals surface area contributed by atoms with Gasteiger partial charge in [-0.1, -0.05) is 19.1 Å². The fourth-order valence-corrected chi connectivity index (χ4v) is 1.95. The Morgan fingerprint density at radius 2 is 2.10 bits per heavy atom. The van der Waals surface area contributed by atoms with E-state index >= 15 is 0 Å². The molecule has 0 spiro atoms. The first-order chi connectivity index (χ1) is 9.99. The Balaban J connectivity index is 2.31. The predicted molar refractivity (Wildman–Crippen MR) is 70.7 cm³/mol. The molecule has 1 unspecified atom stereocenters. The smallest absolute Gasteiger partial charge is 0.406 e. The van der Waals surface area contributed by atoms with E-state index in [1.165, 1.54) is 30.6 Å². The van der Waals surface area contributed by atoms with Gasteiger partial charge in [0.05, 0.1) is 17.9 Å². The zero-order valence-electron chi connectivity index (χ0n) is 11.3. The second-order valence-electron chi connectivity index (χ2n) is 4.24. The lowest BCUT2D eigenvalue weighted by Gasteiger charge is -2.18. The normalized spacial score (nSPS) is 13.0. The van der Waals surface area contributed by atoms with Crippen LogP contribution in [0.5, 0.6) is 5.75 Å². The fraction of sp³-hybridized carbons (Fsp3) is 0.286. The Morgan fingerprint density at radius 1 is 1.29 bits per heavy atom. The van der Waals surface area contributed by atoms with Crippen LogP contribution in [0, 0.1) is 0 Å². The molecule has 112 valence electrons. The van der Waals surface area contributed by atoms with Crippen molar-refractivity contribution in [2.75, 3.05) is 6.54 Å². The Hall–Kier alpha value is -2.15. The third-order valence-electron chi connectivity index (χ3n) is 2.71. The summed E-state index contributed by atoms with van der Waals surface area (Å²) in [5.74, 6) is -0.258. The van der Waals surface area contributed by atoms with Crippen LogP contribution in [-0.4, -0.2) is 22.9 Å². The number of halogens is 3. The minimum atomic E-state index is -4.71. The largest absolute Gasteiger partial charge is 0.573 e. The van der Waals surface area contributed by atoms with Crippen LogP contribution in [0.1, 0.15) is 24.2 Å². The first-order valence-electron chi connectivity index (χ1n) is 6.34. The van der Waals surface area contributed by atoms with Crippen molar-refractivity contribution < 1.29 is 17.9 Å². The van der Waals surface area contributed by atoms with E-state index in [9.17, 15) is 13.2 Å². The van der Waals surface area contributed by atoms with Crippen molar-refractivity contribution in [3.8, 4) is 5.75 Å². The van der Waals surface area contributed by atoms with E-state index in [0.717, 1.165) is 0 Å². The van der Waals surface area contributed by atoms with Crippen LogP contribution in [0.3, 0.4) is 0 Å². The molecular formula is C14H14F3N3O. The zero-order valence-corrected chi connectivity index (χ0v) is 11.3. The lowest BCUT2D eigenvalue weighted by Crippen LogP contribution is -2.23. The summed E-state index contributed by atoms with van der Waals surface area (Å²) in [6, 6.07) is 5.48. The maximum atomic E-state index is 12.3. The minimum Gasteiger partial charge on any atom is -0.406 e. The number of ether oxygens (including phenoxy) is 1. The van der Waals surface area contributed by atoms with Gasteiger partial charge in [0.25, 0.3) is 0 Å². The van der Waals surface area contributed by atoms with E-state index in [4.69, 9.17) is 0 Å². The molecule has 0 saturated carbocycles. The summed E-state index contributed by atoms with van der Waals surface area (Å²) in [4.78, 5) is 8.17. The molecule has 2 rings (SSSR count). The lowest BCUT2D eigenvalue weighted by atomic mass is 10.0. The van der Waals surface area contributed by atoms with Gasteiger partial charge in [0.15, 0.2) is 0 Å². The molecule has 0 saturated heterocycles. The molecule has 2 aromatic rings. The SMILES string of the molecule is CCNC(c1cccc(OC(F)(F)F)c1)c1cnccn1. The van der Waals surface area contributed by atoms with Crippen molar-refractivity contribution in [2.45, 2.75) is 19.3 Å². The van der Waals surface area contributed by atoms with E-state index < -0.39 is 6.36 Å². The van der Waals surface area contributed by atoms with Crippen LogP contribution in [0.25, 0.3) is 0 Å². The van der Waals surface area contributed by atoms with Gasteiger partial charge in [0, 0.05) is 12.4 Å². The summed E-state index contributed by atoms with van der Waals surface area (Å²) in [7, 11) is 0. The average molecular weight is 297 g/mol. The van der Waals surface area contributed by atoms with Gasteiger partial charge in [0.1, 0.15) is 5.75 Å². The van der Waals surface area contributed by atoms with Gasteiger partial charge in [-0.25, -0.2) is 0 Å². The molecule has 1 N–H and O–H groups in total. The van der Waals surface area contributed by atoms with Crippen LogP contribution in [0.15, 0.2) is 42.9 Å². The van der Waals surface area contributed by atoms with Gasteiger partial charge in [0.2, 0.25) is 0 Å². The number of benzene rings is 1. The lowest BCUT2D eigenvalue weighted by molar-refractivity contribution is -0.274. The third-order valence-corrected chi connectivity index (χ3v) is 2.71. The summed E-state index contributed by atoms with van der Waals surface area (Å²) in [6.45, 7) is 2.53. The van der Waals surface area contributed by atoms with Gasteiger partial charge < -0.3 is 10.1 Å².